The van der Waals surface area contributed by atoms with Crippen LogP contribution in [0.1, 0.15) is 38.2 Å². The highest BCUT2D eigenvalue weighted by Crippen LogP contribution is 2.33. The quantitative estimate of drug-likeness (QED) is 0.760. The average Bonchev–Trinajstić information content (AvgIpc) is 2.89. The van der Waals surface area contributed by atoms with Crippen molar-refractivity contribution < 1.29 is 9.47 Å². The standard InChI is InChI=1S/C16H23Cl2NO2/c1-11(19)8-12-9-13(17)10-15(18)16(12)21-7-3-5-14-4-2-6-20-14/h9-11,14H,2-8,19H2,1H3. The molecule has 1 aromatic rings. The molecule has 2 N–H and O–H groups in total. The fraction of sp³-hybridized carbons (Fsp3) is 0.625. The zero-order valence-electron chi connectivity index (χ0n) is 12.4. The molecule has 1 aromatic carbocycles. The minimum absolute atomic E-state index is 0.0359. The van der Waals surface area contributed by atoms with Crippen molar-refractivity contribution >= 4 is 23.2 Å². The minimum Gasteiger partial charge on any atom is -0.492 e. The fourth-order valence-corrected chi connectivity index (χ4v) is 3.22. The van der Waals surface area contributed by atoms with E-state index in [4.69, 9.17) is 38.4 Å². The van der Waals surface area contributed by atoms with Gasteiger partial charge in [-0.15, -0.1) is 0 Å². The lowest BCUT2D eigenvalue weighted by Crippen LogP contribution is -2.18. The molecule has 0 aliphatic carbocycles. The Labute approximate surface area is 136 Å². The Balaban J connectivity index is 1.91. The van der Waals surface area contributed by atoms with Gasteiger partial charge in [0.05, 0.1) is 17.7 Å². The van der Waals surface area contributed by atoms with Gasteiger partial charge >= 0.3 is 0 Å². The van der Waals surface area contributed by atoms with Crippen LogP contribution in [0.4, 0.5) is 0 Å². The minimum atomic E-state index is 0.0359. The molecule has 5 heteroatoms. The first kappa shape index (κ1) is 16.9. The molecular weight excluding hydrogens is 309 g/mol. The summed E-state index contributed by atoms with van der Waals surface area (Å²) in [4.78, 5) is 0. The Morgan fingerprint density at radius 1 is 1.43 bits per heavy atom. The monoisotopic (exact) mass is 331 g/mol. The molecule has 0 amide bonds. The Hall–Kier alpha value is -0.480. The van der Waals surface area contributed by atoms with Gasteiger partial charge in [-0.1, -0.05) is 23.2 Å². The zero-order valence-corrected chi connectivity index (χ0v) is 13.9. The van der Waals surface area contributed by atoms with Gasteiger partial charge in [0.1, 0.15) is 5.75 Å². The summed E-state index contributed by atoms with van der Waals surface area (Å²) < 4.78 is 11.5. The van der Waals surface area contributed by atoms with Crippen molar-refractivity contribution in [1.29, 1.82) is 0 Å². The van der Waals surface area contributed by atoms with E-state index < -0.39 is 0 Å². The summed E-state index contributed by atoms with van der Waals surface area (Å²) in [6.07, 6.45) is 5.43. The van der Waals surface area contributed by atoms with Gasteiger partial charge in [0.2, 0.25) is 0 Å². The Bertz CT molecular complexity index is 460. The summed E-state index contributed by atoms with van der Waals surface area (Å²) in [5.74, 6) is 0.714. The number of halogens is 2. The molecule has 1 aliphatic rings. The maximum atomic E-state index is 6.25. The topological polar surface area (TPSA) is 44.5 Å². The van der Waals surface area contributed by atoms with Crippen LogP contribution in [0, 0.1) is 0 Å². The summed E-state index contributed by atoms with van der Waals surface area (Å²) in [5.41, 5.74) is 6.84. The Kier molecular flexibility index (Phi) is 6.62. The Morgan fingerprint density at radius 3 is 2.90 bits per heavy atom. The van der Waals surface area contributed by atoms with Gasteiger partial charge in [-0.2, -0.15) is 0 Å². The summed E-state index contributed by atoms with van der Waals surface area (Å²) in [6, 6.07) is 3.63. The smallest absolute Gasteiger partial charge is 0.141 e. The van der Waals surface area contributed by atoms with Crippen molar-refractivity contribution in [3.8, 4) is 5.75 Å². The second-order valence-corrected chi connectivity index (χ2v) is 6.53. The van der Waals surface area contributed by atoms with Crippen LogP contribution in [0.15, 0.2) is 12.1 Å². The molecule has 0 aromatic heterocycles. The van der Waals surface area contributed by atoms with E-state index in [2.05, 4.69) is 0 Å². The SMILES string of the molecule is CC(N)Cc1cc(Cl)cc(Cl)c1OCCCC1CCCO1. The maximum absolute atomic E-state index is 6.25. The lowest BCUT2D eigenvalue weighted by molar-refractivity contribution is 0.0981. The third-order valence-corrected chi connectivity index (χ3v) is 4.07. The number of ether oxygens (including phenoxy) is 2. The predicted molar refractivity (Wildman–Crippen MR) is 87.5 cm³/mol. The third-order valence-electron chi connectivity index (χ3n) is 3.57. The summed E-state index contributed by atoms with van der Waals surface area (Å²) in [7, 11) is 0. The van der Waals surface area contributed by atoms with Crippen molar-refractivity contribution in [2.75, 3.05) is 13.2 Å². The molecule has 2 atom stereocenters. The molecule has 2 unspecified atom stereocenters. The van der Waals surface area contributed by atoms with Gasteiger partial charge in [-0.3, -0.25) is 0 Å². The second kappa shape index (κ2) is 8.23. The van der Waals surface area contributed by atoms with E-state index in [1.165, 1.54) is 6.42 Å². The van der Waals surface area contributed by atoms with E-state index in [-0.39, 0.29) is 6.04 Å². The van der Waals surface area contributed by atoms with Gasteiger partial charge in [0.15, 0.2) is 0 Å². The molecule has 1 aliphatic heterocycles. The first-order valence-corrected chi connectivity index (χ1v) is 8.29. The molecule has 1 fully saturated rings. The number of hydrogen-bond donors (Lipinski definition) is 1. The molecule has 0 radical (unpaired) electrons. The number of rotatable bonds is 7. The largest absolute Gasteiger partial charge is 0.492 e. The van der Waals surface area contributed by atoms with E-state index >= 15 is 0 Å². The van der Waals surface area contributed by atoms with E-state index in [0.717, 1.165) is 31.4 Å². The van der Waals surface area contributed by atoms with Gasteiger partial charge in [0.25, 0.3) is 0 Å². The van der Waals surface area contributed by atoms with Crippen LogP contribution in [0.25, 0.3) is 0 Å². The first-order chi connectivity index (χ1) is 10.1. The van der Waals surface area contributed by atoms with Crippen molar-refractivity contribution in [2.45, 2.75) is 51.2 Å². The molecule has 0 saturated carbocycles. The van der Waals surface area contributed by atoms with E-state index in [1.54, 1.807) is 6.07 Å². The third kappa shape index (κ3) is 5.33. The molecule has 1 heterocycles. The molecule has 3 nitrogen and oxygen atoms in total. The molecule has 0 bridgehead atoms. The highest BCUT2D eigenvalue weighted by Gasteiger charge is 2.16. The highest BCUT2D eigenvalue weighted by atomic mass is 35.5. The van der Waals surface area contributed by atoms with Crippen LogP contribution in [0.5, 0.6) is 5.75 Å². The van der Waals surface area contributed by atoms with Gasteiger partial charge < -0.3 is 15.2 Å². The predicted octanol–water partition coefficient (Wildman–Crippen LogP) is 4.22. The van der Waals surface area contributed by atoms with Crippen molar-refractivity contribution in [1.82, 2.24) is 0 Å². The van der Waals surface area contributed by atoms with Crippen molar-refractivity contribution in [3.63, 3.8) is 0 Å². The van der Waals surface area contributed by atoms with Crippen molar-refractivity contribution in [3.05, 3.63) is 27.7 Å². The molecule has 1 saturated heterocycles. The molecular formula is C16H23Cl2NO2. The Morgan fingerprint density at radius 2 is 2.24 bits per heavy atom. The van der Waals surface area contributed by atoms with Crippen LogP contribution in [0.2, 0.25) is 10.0 Å². The lowest BCUT2D eigenvalue weighted by atomic mass is 10.1. The van der Waals surface area contributed by atoms with E-state index in [0.29, 0.717) is 34.9 Å². The van der Waals surface area contributed by atoms with Gasteiger partial charge in [-0.05, 0) is 56.7 Å². The normalized spacial score (nSPS) is 19.7. The summed E-state index contributed by atoms with van der Waals surface area (Å²) in [6.45, 7) is 3.48. The molecule has 21 heavy (non-hydrogen) atoms. The summed E-state index contributed by atoms with van der Waals surface area (Å²) >= 11 is 12.3. The lowest BCUT2D eigenvalue weighted by Gasteiger charge is -2.16. The van der Waals surface area contributed by atoms with Crippen LogP contribution in [-0.2, 0) is 11.2 Å². The van der Waals surface area contributed by atoms with Crippen LogP contribution < -0.4 is 10.5 Å². The zero-order chi connectivity index (χ0) is 15.2. The first-order valence-electron chi connectivity index (χ1n) is 7.54. The highest BCUT2D eigenvalue weighted by molar-refractivity contribution is 6.35. The number of benzene rings is 1. The second-order valence-electron chi connectivity index (χ2n) is 5.68. The van der Waals surface area contributed by atoms with Gasteiger partial charge in [0, 0.05) is 17.7 Å². The van der Waals surface area contributed by atoms with Crippen LogP contribution >= 0.6 is 23.2 Å². The fourth-order valence-electron chi connectivity index (χ4n) is 2.63. The molecule has 0 spiro atoms. The van der Waals surface area contributed by atoms with Crippen LogP contribution in [-0.4, -0.2) is 25.4 Å². The van der Waals surface area contributed by atoms with E-state index in [1.807, 2.05) is 13.0 Å². The van der Waals surface area contributed by atoms with Crippen molar-refractivity contribution in [2.24, 2.45) is 5.73 Å². The average molecular weight is 332 g/mol. The molecule has 118 valence electrons. The van der Waals surface area contributed by atoms with Crippen LogP contribution in [0.3, 0.4) is 0 Å². The number of hydrogen-bond acceptors (Lipinski definition) is 3. The van der Waals surface area contributed by atoms with E-state index in [9.17, 15) is 0 Å². The van der Waals surface area contributed by atoms with Gasteiger partial charge in [-0.25, -0.2) is 0 Å². The molecule has 2 rings (SSSR count). The number of nitrogens with two attached hydrogens (primary N) is 1. The maximum Gasteiger partial charge on any atom is 0.141 e. The summed E-state index contributed by atoms with van der Waals surface area (Å²) in [5, 5.41) is 1.16.